The normalized spacial score (nSPS) is 10.7. The van der Waals surface area contributed by atoms with Gasteiger partial charge in [0.1, 0.15) is 18.0 Å². The summed E-state index contributed by atoms with van der Waals surface area (Å²) in [5.74, 6) is 0.942. The monoisotopic (exact) mass is 391 g/mol. The molecule has 29 heavy (non-hydrogen) atoms. The van der Waals surface area contributed by atoms with Crippen LogP contribution in [0.1, 0.15) is 0 Å². The summed E-state index contributed by atoms with van der Waals surface area (Å²) in [5.41, 5.74) is 0.303. The molecule has 0 atom stereocenters. The summed E-state index contributed by atoms with van der Waals surface area (Å²) in [7, 11) is 1.54. The molecule has 0 unspecified atom stereocenters. The van der Waals surface area contributed by atoms with Gasteiger partial charge in [0.2, 0.25) is 11.6 Å². The minimum Gasteiger partial charge on any atom is -0.497 e. The highest BCUT2D eigenvalue weighted by Gasteiger charge is 2.15. The smallest absolute Gasteiger partial charge is 0.351 e. The molecule has 9 heteroatoms. The van der Waals surface area contributed by atoms with Crippen LogP contribution < -0.4 is 20.5 Å². The van der Waals surface area contributed by atoms with E-state index in [1.165, 1.54) is 16.8 Å². The first-order valence-corrected chi connectivity index (χ1v) is 8.75. The molecule has 2 aromatic heterocycles. The largest absolute Gasteiger partial charge is 0.497 e. The van der Waals surface area contributed by atoms with E-state index >= 15 is 0 Å². The molecule has 1 N–H and O–H groups in total. The van der Waals surface area contributed by atoms with Crippen molar-refractivity contribution in [2.45, 2.75) is 6.54 Å². The number of carbonyl (C=O) groups is 1. The highest BCUT2D eigenvalue weighted by atomic mass is 16.5. The van der Waals surface area contributed by atoms with Gasteiger partial charge in [0.25, 0.3) is 5.88 Å². The third-order valence-electron chi connectivity index (χ3n) is 4.07. The Hall–Kier alpha value is -4.14. The molecular weight excluding hydrogens is 374 g/mol. The quantitative estimate of drug-likeness (QED) is 0.542. The Morgan fingerprint density at radius 3 is 2.69 bits per heavy atom. The van der Waals surface area contributed by atoms with Gasteiger partial charge in [0.05, 0.1) is 7.11 Å². The molecule has 0 aliphatic carbocycles. The second-order valence-corrected chi connectivity index (χ2v) is 6.06. The Bertz CT molecular complexity index is 1220. The maximum Gasteiger partial charge on any atom is 0.351 e. The number of ether oxygens (including phenoxy) is 2. The number of anilines is 1. The fourth-order valence-electron chi connectivity index (χ4n) is 2.74. The van der Waals surface area contributed by atoms with Crippen LogP contribution in [0.3, 0.4) is 0 Å². The predicted molar refractivity (Wildman–Crippen MR) is 105 cm³/mol. The zero-order valence-corrected chi connectivity index (χ0v) is 15.5. The van der Waals surface area contributed by atoms with Crippen LogP contribution >= 0.6 is 0 Å². The SMILES string of the molecule is COc1cccc(NC(=O)Cn2nc3c(Oc4ccccc4)nccn3c2=O)c1. The molecule has 2 aromatic carbocycles. The van der Waals surface area contributed by atoms with Crippen LogP contribution in [0.5, 0.6) is 17.4 Å². The van der Waals surface area contributed by atoms with Crippen molar-refractivity contribution in [1.29, 1.82) is 0 Å². The van der Waals surface area contributed by atoms with Crippen LogP contribution in [-0.2, 0) is 11.3 Å². The summed E-state index contributed by atoms with van der Waals surface area (Å²) in [6.45, 7) is -0.261. The lowest BCUT2D eigenvalue weighted by Gasteiger charge is -2.06. The standard InChI is InChI=1S/C20H17N5O4/c1-28-16-9-5-6-14(12-16)22-17(26)13-25-20(27)24-11-10-21-19(18(24)23-25)29-15-7-3-2-4-8-15/h2-12H,13H2,1H3,(H,22,26). The van der Waals surface area contributed by atoms with Crippen LogP contribution in [0.2, 0.25) is 0 Å². The molecule has 0 fully saturated rings. The average molecular weight is 391 g/mol. The van der Waals surface area contributed by atoms with E-state index in [1.807, 2.05) is 18.2 Å². The van der Waals surface area contributed by atoms with Crippen LogP contribution in [-0.4, -0.2) is 32.2 Å². The van der Waals surface area contributed by atoms with Crippen molar-refractivity contribution in [3.05, 3.63) is 77.5 Å². The van der Waals surface area contributed by atoms with Gasteiger partial charge in [-0.15, -0.1) is 5.10 Å². The fraction of sp³-hybridized carbons (Fsp3) is 0.100. The second kappa shape index (κ2) is 7.85. The number of nitrogens with one attached hydrogen (secondary N) is 1. The van der Waals surface area contributed by atoms with Gasteiger partial charge in [-0.05, 0) is 24.3 Å². The molecule has 1 amide bonds. The highest BCUT2D eigenvalue weighted by Crippen LogP contribution is 2.21. The van der Waals surface area contributed by atoms with Crippen LogP contribution in [0.25, 0.3) is 5.65 Å². The molecule has 4 rings (SSSR count). The van der Waals surface area contributed by atoms with E-state index in [1.54, 1.807) is 43.5 Å². The Balaban J connectivity index is 1.58. The van der Waals surface area contributed by atoms with Crippen LogP contribution in [0.15, 0.2) is 71.8 Å². The summed E-state index contributed by atoms with van der Waals surface area (Å²) in [5, 5.41) is 6.93. The van der Waals surface area contributed by atoms with E-state index in [4.69, 9.17) is 9.47 Å². The highest BCUT2D eigenvalue weighted by molar-refractivity contribution is 5.90. The predicted octanol–water partition coefficient (Wildman–Crippen LogP) is 2.33. The van der Waals surface area contributed by atoms with E-state index < -0.39 is 11.6 Å². The van der Waals surface area contributed by atoms with Gasteiger partial charge < -0.3 is 14.8 Å². The molecule has 0 aliphatic rings. The third-order valence-corrected chi connectivity index (χ3v) is 4.07. The van der Waals surface area contributed by atoms with Crippen molar-refractivity contribution in [2.24, 2.45) is 0 Å². The molecule has 0 saturated carbocycles. The third kappa shape index (κ3) is 3.93. The summed E-state index contributed by atoms with van der Waals surface area (Å²) in [6.07, 6.45) is 2.91. The number of methoxy groups -OCH3 is 1. The van der Waals surface area contributed by atoms with E-state index in [2.05, 4.69) is 15.4 Å². The minimum absolute atomic E-state index is 0.169. The van der Waals surface area contributed by atoms with Crippen LogP contribution in [0, 0.1) is 0 Å². The van der Waals surface area contributed by atoms with Gasteiger partial charge in [-0.1, -0.05) is 24.3 Å². The lowest BCUT2D eigenvalue weighted by Crippen LogP contribution is -2.28. The summed E-state index contributed by atoms with van der Waals surface area (Å²) in [6, 6.07) is 16.0. The fourth-order valence-corrected chi connectivity index (χ4v) is 2.74. The Morgan fingerprint density at radius 2 is 1.90 bits per heavy atom. The molecule has 2 heterocycles. The number of carbonyl (C=O) groups excluding carboxylic acids is 1. The van der Waals surface area contributed by atoms with Gasteiger partial charge in [0.15, 0.2) is 0 Å². The number of benzene rings is 2. The lowest BCUT2D eigenvalue weighted by atomic mass is 10.3. The van der Waals surface area contributed by atoms with Crippen molar-refractivity contribution in [2.75, 3.05) is 12.4 Å². The van der Waals surface area contributed by atoms with E-state index in [9.17, 15) is 9.59 Å². The number of fused-ring (bicyclic) bond motifs is 1. The number of nitrogens with zero attached hydrogens (tertiary/aromatic N) is 4. The topological polar surface area (TPSA) is 99.8 Å². The zero-order chi connectivity index (χ0) is 20.2. The number of aromatic nitrogens is 4. The van der Waals surface area contributed by atoms with Crippen molar-refractivity contribution < 1.29 is 14.3 Å². The van der Waals surface area contributed by atoms with Gasteiger partial charge >= 0.3 is 5.69 Å². The maximum atomic E-state index is 12.6. The summed E-state index contributed by atoms with van der Waals surface area (Å²) >= 11 is 0. The Labute approximate surface area is 165 Å². The number of hydrogen-bond donors (Lipinski definition) is 1. The van der Waals surface area contributed by atoms with Crippen LogP contribution in [0.4, 0.5) is 5.69 Å². The summed E-state index contributed by atoms with van der Waals surface area (Å²) < 4.78 is 13.2. The Kier molecular flexibility index (Phi) is 4.93. The Morgan fingerprint density at radius 1 is 1.10 bits per heavy atom. The first-order chi connectivity index (χ1) is 14.1. The van der Waals surface area contributed by atoms with E-state index in [0.29, 0.717) is 17.2 Å². The molecule has 0 radical (unpaired) electrons. The minimum atomic E-state index is -0.471. The average Bonchev–Trinajstić information content (AvgIpc) is 3.05. The lowest BCUT2D eigenvalue weighted by molar-refractivity contribution is -0.117. The number of amides is 1. The molecule has 9 nitrogen and oxygen atoms in total. The molecule has 0 bridgehead atoms. The molecule has 146 valence electrons. The second-order valence-electron chi connectivity index (χ2n) is 6.06. The van der Waals surface area contributed by atoms with Gasteiger partial charge in [0, 0.05) is 24.1 Å². The first kappa shape index (κ1) is 18.2. The van der Waals surface area contributed by atoms with Crippen molar-refractivity contribution in [3.63, 3.8) is 0 Å². The maximum absolute atomic E-state index is 12.6. The van der Waals surface area contributed by atoms with Gasteiger partial charge in [-0.25, -0.2) is 18.9 Å². The summed E-state index contributed by atoms with van der Waals surface area (Å²) in [4.78, 5) is 29.1. The first-order valence-electron chi connectivity index (χ1n) is 8.75. The number of hydrogen-bond acceptors (Lipinski definition) is 6. The van der Waals surface area contributed by atoms with Crippen molar-refractivity contribution in [3.8, 4) is 17.4 Å². The molecule has 4 aromatic rings. The van der Waals surface area contributed by atoms with E-state index in [0.717, 1.165) is 4.68 Å². The van der Waals surface area contributed by atoms with Crippen molar-refractivity contribution >= 4 is 17.2 Å². The van der Waals surface area contributed by atoms with Crippen molar-refractivity contribution in [1.82, 2.24) is 19.2 Å². The number of para-hydroxylation sites is 1. The molecule has 0 spiro atoms. The van der Waals surface area contributed by atoms with E-state index in [-0.39, 0.29) is 18.1 Å². The van der Waals surface area contributed by atoms with Gasteiger partial charge in [-0.3, -0.25) is 4.79 Å². The molecule has 0 saturated heterocycles. The zero-order valence-electron chi connectivity index (χ0n) is 15.5. The molecular formula is C20H17N5O4. The van der Waals surface area contributed by atoms with Gasteiger partial charge in [-0.2, -0.15) is 0 Å². The molecule has 0 aliphatic heterocycles. The number of rotatable bonds is 6.